The summed E-state index contributed by atoms with van der Waals surface area (Å²) < 4.78 is 14.0. The van der Waals surface area contributed by atoms with Gasteiger partial charge in [0.05, 0.1) is 5.69 Å². The normalized spacial score (nSPS) is 13.6. The van der Waals surface area contributed by atoms with Gasteiger partial charge in [-0.2, -0.15) is 0 Å². The molecule has 0 N–H and O–H groups in total. The quantitative estimate of drug-likeness (QED) is 0.619. The van der Waals surface area contributed by atoms with Crippen LogP contribution in [0, 0.1) is 17.7 Å². The van der Waals surface area contributed by atoms with Gasteiger partial charge in [0.1, 0.15) is 5.82 Å². The molecule has 0 aliphatic carbocycles. The van der Waals surface area contributed by atoms with Crippen LogP contribution in [-0.2, 0) is 0 Å². The van der Waals surface area contributed by atoms with E-state index in [4.69, 9.17) is 0 Å². The zero-order valence-corrected chi connectivity index (χ0v) is 16.0. The number of halogens is 1. The fourth-order valence-electron chi connectivity index (χ4n) is 3.44. The largest absolute Gasteiger partial charge is 0.366 e. The van der Waals surface area contributed by atoms with Crippen LogP contribution < -0.4 is 4.90 Å². The Hall–Kier alpha value is -3.58. The fraction of sp³-hybridized carbons (Fsp3) is 0.160. The van der Waals surface area contributed by atoms with Crippen molar-refractivity contribution in [1.82, 2.24) is 4.90 Å². The number of carbonyl (C=O) groups excluding carboxylic acids is 1. The van der Waals surface area contributed by atoms with Crippen LogP contribution in [0.25, 0.3) is 0 Å². The lowest BCUT2D eigenvalue weighted by Gasteiger charge is -2.36. The first-order chi connectivity index (χ1) is 14.2. The van der Waals surface area contributed by atoms with E-state index in [2.05, 4.69) is 11.8 Å². The number of hydrogen-bond donors (Lipinski definition) is 0. The van der Waals surface area contributed by atoms with Crippen LogP contribution in [0.5, 0.6) is 0 Å². The summed E-state index contributed by atoms with van der Waals surface area (Å²) in [4.78, 5) is 16.7. The summed E-state index contributed by atoms with van der Waals surface area (Å²) in [6.45, 7) is 2.35. The number of nitrogens with zero attached hydrogens (tertiary/aromatic N) is 2. The van der Waals surface area contributed by atoms with Crippen LogP contribution in [0.2, 0.25) is 0 Å². The minimum absolute atomic E-state index is 0.0125. The predicted molar refractivity (Wildman–Crippen MR) is 113 cm³/mol. The summed E-state index contributed by atoms with van der Waals surface area (Å²) in [6, 6.07) is 23.9. The van der Waals surface area contributed by atoms with Gasteiger partial charge in [0, 0.05) is 42.9 Å². The zero-order chi connectivity index (χ0) is 20.1. The maximum atomic E-state index is 14.0. The third-order valence-corrected chi connectivity index (χ3v) is 4.99. The Balaban J connectivity index is 1.43. The van der Waals surface area contributed by atoms with Crippen LogP contribution in [-0.4, -0.2) is 37.0 Å². The van der Waals surface area contributed by atoms with Crippen molar-refractivity contribution in [3.05, 3.63) is 101 Å². The average molecular weight is 384 g/mol. The molecule has 0 bridgehead atoms. The van der Waals surface area contributed by atoms with Crippen LogP contribution in [0.15, 0.2) is 78.9 Å². The number of amides is 1. The molecule has 1 saturated heterocycles. The van der Waals surface area contributed by atoms with Gasteiger partial charge in [0.15, 0.2) is 0 Å². The van der Waals surface area contributed by atoms with Crippen molar-refractivity contribution in [3.63, 3.8) is 0 Å². The van der Waals surface area contributed by atoms with E-state index in [0.717, 1.165) is 11.1 Å². The molecule has 1 fully saturated rings. The van der Waals surface area contributed by atoms with Crippen molar-refractivity contribution in [2.24, 2.45) is 0 Å². The van der Waals surface area contributed by atoms with Crippen LogP contribution in [0.1, 0.15) is 21.5 Å². The summed E-state index contributed by atoms with van der Waals surface area (Å²) in [5.41, 5.74) is 2.97. The van der Waals surface area contributed by atoms with Crippen LogP contribution >= 0.6 is 0 Å². The van der Waals surface area contributed by atoms with Gasteiger partial charge in [-0.05, 0) is 42.5 Å². The van der Waals surface area contributed by atoms with Gasteiger partial charge >= 0.3 is 0 Å². The highest BCUT2D eigenvalue weighted by Crippen LogP contribution is 2.21. The van der Waals surface area contributed by atoms with Crippen molar-refractivity contribution < 1.29 is 9.18 Å². The molecule has 3 nitrogen and oxygen atoms in total. The first kappa shape index (κ1) is 18.8. The van der Waals surface area contributed by atoms with E-state index in [1.807, 2.05) is 70.5 Å². The molecule has 1 aliphatic rings. The highest BCUT2D eigenvalue weighted by molar-refractivity contribution is 5.94. The van der Waals surface area contributed by atoms with Gasteiger partial charge in [-0.25, -0.2) is 4.39 Å². The molecule has 1 amide bonds. The van der Waals surface area contributed by atoms with Gasteiger partial charge in [-0.15, -0.1) is 0 Å². The maximum Gasteiger partial charge on any atom is 0.254 e. The molecule has 0 aromatic heterocycles. The van der Waals surface area contributed by atoms with Crippen molar-refractivity contribution in [3.8, 4) is 11.8 Å². The fourth-order valence-corrected chi connectivity index (χ4v) is 3.44. The molecule has 0 spiro atoms. The highest BCUT2D eigenvalue weighted by atomic mass is 19.1. The molecular formula is C25H21FN2O. The molecular weight excluding hydrogens is 363 g/mol. The summed E-state index contributed by atoms with van der Waals surface area (Å²) in [5.74, 6) is 6.00. The van der Waals surface area contributed by atoms with E-state index in [9.17, 15) is 9.18 Å². The SMILES string of the molecule is O=C(c1cccc(C#Cc2ccccc2)c1)N1CCN(c2ccccc2F)CC1. The van der Waals surface area contributed by atoms with Gasteiger partial charge < -0.3 is 9.80 Å². The first-order valence-corrected chi connectivity index (χ1v) is 9.66. The number of carbonyl (C=O) groups is 1. The zero-order valence-electron chi connectivity index (χ0n) is 16.0. The molecule has 0 unspecified atom stereocenters. The molecule has 3 aromatic rings. The van der Waals surface area contributed by atoms with E-state index >= 15 is 0 Å². The van der Waals surface area contributed by atoms with Gasteiger partial charge in [0.2, 0.25) is 0 Å². The van der Waals surface area contributed by atoms with Crippen molar-refractivity contribution in [2.75, 3.05) is 31.1 Å². The Labute approximate surface area is 170 Å². The second-order valence-electron chi connectivity index (χ2n) is 6.93. The smallest absolute Gasteiger partial charge is 0.254 e. The van der Waals surface area contributed by atoms with Crippen molar-refractivity contribution in [2.45, 2.75) is 0 Å². The third-order valence-electron chi connectivity index (χ3n) is 4.99. The Morgan fingerprint density at radius 3 is 2.17 bits per heavy atom. The van der Waals surface area contributed by atoms with Gasteiger partial charge in [-0.3, -0.25) is 4.79 Å². The van der Waals surface area contributed by atoms with E-state index in [1.54, 1.807) is 12.1 Å². The molecule has 1 heterocycles. The number of benzene rings is 3. The number of piperazine rings is 1. The minimum Gasteiger partial charge on any atom is -0.366 e. The molecule has 4 heteroatoms. The van der Waals surface area contributed by atoms with Gasteiger partial charge in [0.25, 0.3) is 5.91 Å². The molecule has 4 rings (SSSR count). The van der Waals surface area contributed by atoms with Crippen LogP contribution in [0.3, 0.4) is 0 Å². The maximum absolute atomic E-state index is 14.0. The second-order valence-corrected chi connectivity index (χ2v) is 6.93. The predicted octanol–water partition coefficient (Wildman–Crippen LogP) is 4.19. The monoisotopic (exact) mass is 384 g/mol. The minimum atomic E-state index is -0.225. The summed E-state index contributed by atoms with van der Waals surface area (Å²) in [6.07, 6.45) is 0. The number of para-hydroxylation sites is 1. The van der Waals surface area contributed by atoms with E-state index in [1.165, 1.54) is 6.07 Å². The van der Waals surface area contributed by atoms with Crippen molar-refractivity contribution >= 4 is 11.6 Å². The topological polar surface area (TPSA) is 23.6 Å². The molecule has 0 atom stereocenters. The molecule has 0 radical (unpaired) electrons. The Morgan fingerprint density at radius 2 is 1.41 bits per heavy atom. The third kappa shape index (κ3) is 4.47. The van der Waals surface area contributed by atoms with E-state index in [-0.39, 0.29) is 11.7 Å². The number of anilines is 1. The Kier molecular flexibility index (Phi) is 5.58. The second kappa shape index (κ2) is 8.62. The lowest BCUT2D eigenvalue weighted by Crippen LogP contribution is -2.49. The lowest BCUT2D eigenvalue weighted by atomic mass is 10.1. The van der Waals surface area contributed by atoms with Crippen LogP contribution in [0.4, 0.5) is 10.1 Å². The molecule has 29 heavy (non-hydrogen) atoms. The number of hydrogen-bond acceptors (Lipinski definition) is 2. The summed E-state index contributed by atoms with van der Waals surface area (Å²) in [7, 11) is 0. The van der Waals surface area contributed by atoms with Crippen molar-refractivity contribution in [1.29, 1.82) is 0 Å². The molecule has 144 valence electrons. The average Bonchev–Trinajstić information content (AvgIpc) is 2.79. The number of rotatable bonds is 2. The Bertz CT molecular complexity index is 1060. The lowest BCUT2D eigenvalue weighted by molar-refractivity contribution is 0.0746. The standard InChI is InChI=1S/C25H21FN2O/c26-23-11-4-5-12-24(23)27-15-17-28(18-16-27)25(29)22-10-6-9-21(19-22)14-13-20-7-2-1-3-8-20/h1-12,19H,15-18H2. The highest BCUT2D eigenvalue weighted by Gasteiger charge is 2.23. The first-order valence-electron chi connectivity index (χ1n) is 9.66. The summed E-state index contributed by atoms with van der Waals surface area (Å²) in [5, 5.41) is 0. The Morgan fingerprint density at radius 1 is 0.759 bits per heavy atom. The van der Waals surface area contributed by atoms with E-state index < -0.39 is 0 Å². The summed E-state index contributed by atoms with van der Waals surface area (Å²) >= 11 is 0. The molecule has 1 aliphatic heterocycles. The van der Waals surface area contributed by atoms with E-state index in [0.29, 0.717) is 37.4 Å². The molecule has 3 aromatic carbocycles. The molecule has 0 saturated carbocycles. The van der Waals surface area contributed by atoms with Gasteiger partial charge in [-0.1, -0.05) is 48.2 Å².